The zero-order valence-corrected chi connectivity index (χ0v) is 11.8. The van der Waals surface area contributed by atoms with Crippen LogP contribution in [-0.2, 0) is 9.63 Å². The van der Waals surface area contributed by atoms with Crippen LogP contribution < -0.4 is 5.32 Å². The first-order chi connectivity index (χ1) is 11.0. The normalized spacial score (nSPS) is 10.4. The van der Waals surface area contributed by atoms with Crippen molar-refractivity contribution in [3.8, 4) is 0 Å². The van der Waals surface area contributed by atoms with Crippen LogP contribution in [-0.4, -0.2) is 23.4 Å². The lowest BCUT2D eigenvalue weighted by Crippen LogP contribution is -2.20. The quantitative estimate of drug-likeness (QED) is 0.363. The molecule has 0 saturated carbocycles. The van der Waals surface area contributed by atoms with Crippen LogP contribution in [0, 0.1) is 10.1 Å². The third-order valence-electron chi connectivity index (χ3n) is 2.70. The molecule has 1 amide bonds. The summed E-state index contributed by atoms with van der Waals surface area (Å²) in [4.78, 5) is 37.2. The topological polar surface area (TPSA) is 112 Å². The average molecular weight is 316 g/mol. The largest absolute Gasteiger partial charge is 0.465 e. The minimum atomic E-state index is -1.05. The number of nitrogens with zero attached hydrogens (tertiary/aromatic N) is 1. The van der Waals surface area contributed by atoms with Crippen LogP contribution in [0.4, 0.5) is 5.69 Å². The summed E-state index contributed by atoms with van der Waals surface area (Å²) >= 11 is 0. The molecular formula is C15H12N2O6. The van der Waals surface area contributed by atoms with Gasteiger partial charge in [0, 0.05) is 11.3 Å². The van der Waals surface area contributed by atoms with Crippen molar-refractivity contribution < 1.29 is 23.9 Å². The smallest absolute Gasteiger partial charge is 0.295 e. The Bertz CT molecular complexity index is 719. The molecule has 23 heavy (non-hydrogen) atoms. The first-order valence-electron chi connectivity index (χ1n) is 6.48. The summed E-state index contributed by atoms with van der Waals surface area (Å²) in [5, 5.41) is 11.3. The van der Waals surface area contributed by atoms with Crippen LogP contribution in [0.1, 0.15) is 16.1 Å². The maximum atomic E-state index is 11.9. The Hall–Kier alpha value is -3.42. The second-order valence-electron chi connectivity index (χ2n) is 4.34. The summed E-state index contributed by atoms with van der Waals surface area (Å²) in [5.41, 5.74) is 0.820. The van der Waals surface area contributed by atoms with Crippen molar-refractivity contribution in [2.75, 3.05) is 11.9 Å². The van der Waals surface area contributed by atoms with Crippen LogP contribution in [0.3, 0.4) is 0 Å². The molecule has 0 fully saturated rings. The van der Waals surface area contributed by atoms with Crippen molar-refractivity contribution in [2.45, 2.75) is 0 Å². The SMILES string of the molecule is O=C(CO[N+](=O)[O-])Nc1ccc(C(=O)/C=C/c2ccco2)cc1. The predicted molar refractivity (Wildman–Crippen MR) is 80.1 cm³/mol. The van der Waals surface area contributed by atoms with Crippen molar-refractivity contribution in [3.05, 3.63) is 70.2 Å². The number of furan rings is 1. The molecule has 2 aromatic rings. The highest BCUT2D eigenvalue weighted by Crippen LogP contribution is 2.11. The van der Waals surface area contributed by atoms with Crippen LogP contribution in [0.25, 0.3) is 6.08 Å². The second-order valence-corrected chi connectivity index (χ2v) is 4.34. The third-order valence-corrected chi connectivity index (χ3v) is 2.70. The number of carbonyl (C=O) groups excluding carboxylic acids is 2. The van der Waals surface area contributed by atoms with E-state index in [9.17, 15) is 19.7 Å². The number of rotatable bonds is 7. The molecule has 0 aliphatic carbocycles. The van der Waals surface area contributed by atoms with E-state index in [1.807, 2.05) is 0 Å². The highest BCUT2D eigenvalue weighted by molar-refractivity contribution is 6.07. The Morgan fingerprint density at radius 3 is 2.61 bits per heavy atom. The van der Waals surface area contributed by atoms with Gasteiger partial charge in [-0.05, 0) is 48.6 Å². The van der Waals surface area contributed by atoms with Gasteiger partial charge in [-0.25, -0.2) is 0 Å². The van der Waals surface area contributed by atoms with Gasteiger partial charge in [0.2, 0.25) is 5.91 Å². The lowest BCUT2D eigenvalue weighted by atomic mass is 10.1. The summed E-state index contributed by atoms with van der Waals surface area (Å²) in [6.07, 6.45) is 4.43. The van der Waals surface area contributed by atoms with Crippen molar-refractivity contribution in [3.63, 3.8) is 0 Å². The van der Waals surface area contributed by atoms with Gasteiger partial charge in [-0.3, -0.25) is 9.59 Å². The third kappa shape index (κ3) is 5.12. The summed E-state index contributed by atoms with van der Waals surface area (Å²) in [7, 11) is 0. The summed E-state index contributed by atoms with van der Waals surface area (Å²) in [6.45, 7) is -0.695. The van der Waals surface area contributed by atoms with E-state index in [2.05, 4.69) is 10.2 Å². The van der Waals surface area contributed by atoms with E-state index >= 15 is 0 Å². The van der Waals surface area contributed by atoms with Gasteiger partial charge in [0.15, 0.2) is 12.4 Å². The van der Waals surface area contributed by atoms with E-state index in [1.165, 1.54) is 36.6 Å². The maximum Gasteiger partial charge on any atom is 0.295 e. The molecule has 0 aliphatic heterocycles. The molecule has 0 spiro atoms. The van der Waals surface area contributed by atoms with Crippen LogP contribution in [0.2, 0.25) is 0 Å². The fourth-order valence-electron chi connectivity index (χ4n) is 1.67. The predicted octanol–water partition coefficient (Wildman–Crippen LogP) is 2.32. The van der Waals surface area contributed by atoms with Gasteiger partial charge in [0.25, 0.3) is 5.09 Å². The number of nitrogens with one attached hydrogen (secondary N) is 1. The molecule has 0 saturated heterocycles. The molecule has 0 atom stereocenters. The summed E-state index contributed by atoms with van der Waals surface area (Å²) < 4.78 is 5.08. The highest BCUT2D eigenvalue weighted by Gasteiger charge is 2.07. The van der Waals surface area contributed by atoms with Crippen molar-refractivity contribution in [2.24, 2.45) is 0 Å². The molecule has 1 aromatic heterocycles. The van der Waals surface area contributed by atoms with E-state index in [1.54, 1.807) is 18.2 Å². The zero-order chi connectivity index (χ0) is 16.7. The molecule has 1 heterocycles. The number of hydrogen-bond acceptors (Lipinski definition) is 6. The fraction of sp³-hybridized carbons (Fsp3) is 0.0667. The summed E-state index contributed by atoms with van der Waals surface area (Å²) in [6, 6.07) is 9.51. The van der Waals surface area contributed by atoms with Gasteiger partial charge in [-0.15, -0.1) is 10.1 Å². The van der Waals surface area contributed by atoms with Crippen molar-refractivity contribution in [1.82, 2.24) is 0 Å². The van der Waals surface area contributed by atoms with Gasteiger partial charge in [-0.2, -0.15) is 0 Å². The second kappa shape index (κ2) is 7.55. The number of allylic oxidation sites excluding steroid dienone is 1. The molecule has 2 rings (SSSR count). The van der Waals surface area contributed by atoms with E-state index in [0.29, 0.717) is 17.0 Å². The number of ketones is 1. The molecule has 1 aromatic carbocycles. The Kier molecular flexibility index (Phi) is 5.24. The van der Waals surface area contributed by atoms with Crippen LogP contribution in [0.5, 0.6) is 0 Å². The molecule has 8 nitrogen and oxygen atoms in total. The number of carbonyl (C=O) groups is 2. The number of anilines is 1. The Balaban J connectivity index is 1.92. The first kappa shape index (κ1) is 16.0. The summed E-state index contributed by atoms with van der Waals surface area (Å²) in [5.74, 6) is -0.331. The Morgan fingerprint density at radius 1 is 1.26 bits per heavy atom. The monoisotopic (exact) mass is 316 g/mol. The zero-order valence-electron chi connectivity index (χ0n) is 11.8. The van der Waals surface area contributed by atoms with E-state index in [-0.39, 0.29) is 5.78 Å². The first-order valence-corrected chi connectivity index (χ1v) is 6.48. The van der Waals surface area contributed by atoms with E-state index in [4.69, 9.17) is 4.42 Å². The maximum absolute atomic E-state index is 11.9. The lowest BCUT2D eigenvalue weighted by Gasteiger charge is -2.04. The molecule has 0 bridgehead atoms. The molecular weight excluding hydrogens is 304 g/mol. The Labute approximate surface area is 130 Å². The number of amides is 1. The molecule has 8 heteroatoms. The molecule has 0 aliphatic rings. The lowest BCUT2D eigenvalue weighted by molar-refractivity contribution is -0.754. The van der Waals surface area contributed by atoms with Crippen LogP contribution in [0.15, 0.2) is 53.2 Å². The molecule has 118 valence electrons. The van der Waals surface area contributed by atoms with E-state index < -0.39 is 17.6 Å². The van der Waals surface area contributed by atoms with Gasteiger partial charge in [0.1, 0.15) is 5.76 Å². The molecule has 0 unspecified atom stereocenters. The Morgan fingerprint density at radius 2 is 2.00 bits per heavy atom. The molecule has 1 N–H and O–H groups in total. The van der Waals surface area contributed by atoms with E-state index in [0.717, 1.165) is 0 Å². The molecule has 0 radical (unpaired) electrons. The minimum Gasteiger partial charge on any atom is -0.465 e. The fourth-order valence-corrected chi connectivity index (χ4v) is 1.67. The van der Waals surface area contributed by atoms with Gasteiger partial charge in [0.05, 0.1) is 6.26 Å². The van der Waals surface area contributed by atoms with Crippen molar-refractivity contribution >= 4 is 23.5 Å². The average Bonchev–Trinajstić information content (AvgIpc) is 3.05. The van der Waals surface area contributed by atoms with Gasteiger partial charge in [-0.1, -0.05) is 0 Å². The van der Waals surface area contributed by atoms with Gasteiger partial charge < -0.3 is 14.6 Å². The number of hydrogen-bond donors (Lipinski definition) is 1. The highest BCUT2D eigenvalue weighted by atomic mass is 16.9. The number of benzene rings is 1. The van der Waals surface area contributed by atoms with Gasteiger partial charge >= 0.3 is 0 Å². The standard InChI is InChI=1S/C15H12N2O6/c18-14(8-7-13-2-1-9-22-13)11-3-5-12(6-4-11)16-15(19)10-23-17(20)21/h1-9H,10H2,(H,16,19)/b8-7+. The van der Waals surface area contributed by atoms with Crippen molar-refractivity contribution in [1.29, 1.82) is 0 Å². The minimum absolute atomic E-state index is 0.226. The van der Waals surface area contributed by atoms with Crippen LogP contribution >= 0.6 is 0 Å².